The molecule has 0 aromatic rings. The number of alkyl carbamates (subject to hydrolysis) is 1. The molecule has 1 heterocycles. The molecule has 0 saturated carbocycles. The van der Waals surface area contributed by atoms with Crippen LogP contribution in [-0.2, 0) is 24.8 Å². The summed E-state index contributed by atoms with van der Waals surface area (Å²) < 4.78 is 54.0. The number of primary sulfonamides is 1. The minimum atomic E-state index is -3.83. The molecular weight excluding hydrogens is 406 g/mol. The molecule has 2 atom stereocenters. The van der Waals surface area contributed by atoms with Gasteiger partial charge in [0.25, 0.3) is 0 Å². The number of nitrogens with two attached hydrogens (primary N) is 1. The highest BCUT2D eigenvalue weighted by Gasteiger charge is 2.31. The lowest BCUT2D eigenvalue weighted by molar-refractivity contribution is 0.0504. The summed E-state index contributed by atoms with van der Waals surface area (Å²) >= 11 is 0. The molecule has 0 unspecified atom stereocenters. The van der Waals surface area contributed by atoms with E-state index in [1.165, 1.54) is 16.5 Å². The Labute approximate surface area is 168 Å². The van der Waals surface area contributed by atoms with Crippen molar-refractivity contribution in [2.24, 2.45) is 11.1 Å². The van der Waals surface area contributed by atoms with Gasteiger partial charge in [-0.05, 0) is 45.6 Å². The zero-order valence-electron chi connectivity index (χ0n) is 17.0. The normalized spacial score (nSPS) is 20.9. The average Bonchev–Trinajstić information content (AvgIpc) is 2.96. The Morgan fingerprint density at radius 1 is 1.21 bits per heavy atom. The van der Waals surface area contributed by atoms with Gasteiger partial charge in [0.05, 0.1) is 6.04 Å². The Bertz CT molecular complexity index is 810. The van der Waals surface area contributed by atoms with E-state index in [1.54, 1.807) is 20.8 Å². The Balaban J connectivity index is 2.92. The van der Waals surface area contributed by atoms with Gasteiger partial charge in [0.2, 0.25) is 20.0 Å². The Morgan fingerprint density at radius 2 is 1.82 bits per heavy atom. The molecule has 0 spiro atoms. The van der Waals surface area contributed by atoms with Crippen molar-refractivity contribution in [3.63, 3.8) is 0 Å². The fraction of sp³-hybridized carbons (Fsp3) is 0.706. The molecule has 1 aliphatic rings. The third-order valence-corrected chi connectivity index (χ3v) is 6.07. The highest BCUT2D eigenvalue weighted by atomic mass is 32.2. The summed E-state index contributed by atoms with van der Waals surface area (Å²) in [5.41, 5.74) is -0.667. The van der Waals surface area contributed by atoms with Crippen molar-refractivity contribution < 1.29 is 26.4 Å². The molecule has 162 valence electrons. The molecule has 3 N–H and O–H groups in total. The zero-order chi connectivity index (χ0) is 21.8. The Morgan fingerprint density at radius 3 is 2.32 bits per heavy atom. The lowest BCUT2D eigenvalue weighted by atomic mass is 10.1. The second-order valence-corrected chi connectivity index (χ2v) is 11.2. The predicted molar refractivity (Wildman–Crippen MR) is 108 cm³/mol. The molecule has 0 aromatic carbocycles. The van der Waals surface area contributed by atoms with Crippen LogP contribution in [0, 0.1) is 5.92 Å². The van der Waals surface area contributed by atoms with Crippen molar-refractivity contribution in [3.05, 3.63) is 23.0 Å². The summed E-state index contributed by atoms with van der Waals surface area (Å²) in [6.45, 7) is 9.16. The molecule has 1 saturated heterocycles. The van der Waals surface area contributed by atoms with Crippen LogP contribution < -0.4 is 10.5 Å². The van der Waals surface area contributed by atoms with Crippen LogP contribution in [0.25, 0.3) is 0 Å². The lowest BCUT2D eigenvalue weighted by Gasteiger charge is -2.24. The summed E-state index contributed by atoms with van der Waals surface area (Å²) in [4.78, 5) is 12.0. The van der Waals surface area contributed by atoms with E-state index in [0.717, 1.165) is 10.8 Å². The summed E-state index contributed by atoms with van der Waals surface area (Å²) in [6, 6.07) is -1.13. The smallest absolute Gasteiger partial charge is 0.408 e. The van der Waals surface area contributed by atoms with Crippen molar-refractivity contribution in [1.82, 2.24) is 9.62 Å². The maximum Gasteiger partial charge on any atom is 0.408 e. The van der Waals surface area contributed by atoms with Crippen LogP contribution in [0.4, 0.5) is 4.79 Å². The van der Waals surface area contributed by atoms with Gasteiger partial charge in [-0.3, -0.25) is 0 Å². The minimum absolute atomic E-state index is 0.0735. The third-order valence-electron chi connectivity index (χ3n) is 3.93. The second kappa shape index (κ2) is 9.38. The largest absolute Gasteiger partial charge is 0.444 e. The van der Waals surface area contributed by atoms with E-state index in [1.807, 2.05) is 13.8 Å². The predicted octanol–water partition coefficient (Wildman–Crippen LogP) is 1.65. The first-order chi connectivity index (χ1) is 12.6. The van der Waals surface area contributed by atoms with Crippen LogP contribution in [-0.4, -0.2) is 51.5 Å². The molecule has 11 heteroatoms. The summed E-state index contributed by atoms with van der Waals surface area (Å²) in [5.74, 6) is -0.0735. The first kappa shape index (κ1) is 24.6. The highest BCUT2D eigenvalue weighted by molar-refractivity contribution is 7.92. The number of rotatable bonds is 7. The van der Waals surface area contributed by atoms with Gasteiger partial charge in [0.1, 0.15) is 5.60 Å². The number of ether oxygens (including phenoxy) is 1. The number of carbonyl (C=O) groups excluding carboxylic acids is 1. The number of hydrogen-bond donors (Lipinski definition) is 2. The fourth-order valence-corrected chi connectivity index (χ4v) is 4.48. The van der Waals surface area contributed by atoms with Crippen LogP contribution >= 0.6 is 0 Å². The Kier molecular flexibility index (Phi) is 8.24. The van der Waals surface area contributed by atoms with E-state index in [-0.39, 0.29) is 12.5 Å². The van der Waals surface area contributed by atoms with E-state index in [4.69, 9.17) is 9.88 Å². The van der Waals surface area contributed by atoms with Gasteiger partial charge in [-0.1, -0.05) is 19.9 Å². The topological polar surface area (TPSA) is 136 Å². The van der Waals surface area contributed by atoms with Crippen LogP contribution in [0.5, 0.6) is 0 Å². The Hall–Kier alpha value is -1.43. The highest BCUT2D eigenvalue weighted by Crippen LogP contribution is 2.23. The van der Waals surface area contributed by atoms with Gasteiger partial charge >= 0.3 is 6.09 Å². The van der Waals surface area contributed by atoms with Gasteiger partial charge in [0.15, 0.2) is 0 Å². The van der Waals surface area contributed by atoms with Crippen molar-refractivity contribution >= 4 is 26.1 Å². The molecule has 9 nitrogen and oxygen atoms in total. The van der Waals surface area contributed by atoms with E-state index in [0.29, 0.717) is 12.8 Å². The molecule has 1 rings (SSSR count). The molecule has 1 fully saturated rings. The fourth-order valence-electron chi connectivity index (χ4n) is 2.62. The first-order valence-electron chi connectivity index (χ1n) is 9.01. The van der Waals surface area contributed by atoms with Crippen molar-refractivity contribution in [2.75, 3.05) is 6.54 Å². The molecule has 0 aromatic heterocycles. The standard InChI is InChI=1S/C17H31N3O6S2/c1-13(2)15(19-16(21)26-17(3,4)5)9-12-28(24,25)20-10-6-7-14(20)8-11-27(18,22)23/h8-9,11-15H,6-7,10H2,1-5H3,(H,19,21)(H2,18,22,23)/b11-8+,12-9+/t14-,15+/m0/s1. The number of nitrogens with one attached hydrogen (secondary N) is 1. The molecule has 1 amide bonds. The minimum Gasteiger partial charge on any atom is -0.444 e. The summed E-state index contributed by atoms with van der Waals surface area (Å²) in [5, 5.41) is 9.45. The van der Waals surface area contributed by atoms with Gasteiger partial charge in [-0.15, -0.1) is 0 Å². The van der Waals surface area contributed by atoms with Crippen molar-refractivity contribution in [1.29, 1.82) is 0 Å². The number of nitrogens with zero attached hydrogens (tertiary/aromatic N) is 1. The molecule has 28 heavy (non-hydrogen) atoms. The number of amides is 1. The van der Waals surface area contributed by atoms with Gasteiger partial charge in [-0.25, -0.2) is 26.8 Å². The van der Waals surface area contributed by atoms with Crippen LogP contribution in [0.1, 0.15) is 47.5 Å². The number of carbonyl (C=O) groups is 1. The average molecular weight is 438 g/mol. The number of hydrogen-bond acceptors (Lipinski definition) is 6. The molecular formula is C17H31N3O6S2. The van der Waals surface area contributed by atoms with Crippen LogP contribution in [0.2, 0.25) is 0 Å². The summed E-state index contributed by atoms with van der Waals surface area (Å²) in [6.07, 6.45) is 3.16. The van der Waals surface area contributed by atoms with Crippen molar-refractivity contribution in [3.8, 4) is 0 Å². The summed E-state index contributed by atoms with van der Waals surface area (Å²) in [7, 11) is -7.63. The van der Waals surface area contributed by atoms with E-state index >= 15 is 0 Å². The van der Waals surface area contributed by atoms with E-state index < -0.39 is 43.8 Å². The van der Waals surface area contributed by atoms with Crippen molar-refractivity contribution in [2.45, 2.75) is 65.1 Å². The second-order valence-electron chi connectivity index (χ2n) is 8.03. The van der Waals surface area contributed by atoms with E-state index in [9.17, 15) is 21.6 Å². The number of sulfonamides is 2. The third kappa shape index (κ3) is 8.72. The van der Waals surface area contributed by atoms with E-state index in [2.05, 4.69) is 5.32 Å². The molecule has 0 aliphatic carbocycles. The maximum atomic E-state index is 12.7. The monoisotopic (exact) mass is 437 g/mol. The van der Waals surface area contributed by atoms with Gasteiger partial charge in [-0.2, -0.15) is 4.31 Å². The SMILES string of the molecule is CC(C)[C@@H](/C=C/S(=O)(=O)N1CCC[C@H]1/C=C/S(N)(=O)=O)NC(=O)OC(C)(C)C. The first-order valence-corrected chi connectivity index (χ1v) is 12.1. The van der Waals surface area contributed by atoms with Gasteiger partial charge < -0.3 is 10.1 Å². The molecule has 1 aliphatic heterocycles. The molecule has 0 bridgehead atoms. The van der Waals surface area contributed by atoms with Crippen LogP contribution in [0.3, 0.4) is 0 Å². The quantitative estimate of drug-likeness (QED) is 0.621. The zero-order valence-corrected chi connectivity index (χ0v) is 18.6. The van der Waals surface area contributed by atoms with Crippen LogP contribution in [0.15, 0.2) is 23.0 Å². The van der Waals surface area contributed by atoms with Gasteiger partial charge in [0, 0.05) is 23.4 Å². The lowest BCUT2D eigenvalue weighted by Crippen LogP contribution is -2.41. The molecule has 0 radical (unpaired) electrons. The maximum absolute atomic E-state index is 12.7.